The van der Waals surface area contributed by atoms with Crippen molar-refractivity contribution in [3.8, 4) is 5.75 Å². The van der Waals surface area contributed by atoms with E-state index in [0.29, 0.717) is 12.5 Å². The standard InChI is InChI=1S/C17H27N3O2/c1-13(2)10-19-17(21)12-20-9-8-18-11-15(20)14-6-4-5-7-16(14)22-3/h4-7,13,15,18H,8-12H2,1-3H3,(H,19,21). The molecule has 1 amide bonds. The zero-order valence-electron chi connectivity index (χ0n) is 13.8. The number of para-hydroxylation sites is 1. The van der Waals surface area contributed by atoms with E-state index >= 15 is 0 Å². The number of benzene rings is 1. The molecule has 1 saturated heterocycles. The number of hydrogen-bond acceptors (Lipinski definition) is 4. The molecule has 5 heteroatoms. The van der Waals surface area contributed by atoms with Crippen molar-refractivity contribution in [2.75, 3.05) is 39.8 Å². The van der Waals surface area contributed by atoms with Crippen LogP contribution in [-0.2, 0) is 4.79 Å². The lowest BCUT2D eigenvalue weighted by molar-refractivity contribution is -0.123. The molecular weight excluding hydrogens is 278 g/mol. The Labute approximate surface area is 133 Å². The van der Waals surface area contributed by atoms with Gasteiger partial charge < -0.3 is 15.4 Å². The van der Waals surface area contributed by atoms with E-state index in [9.17, 15) is 4.79 Å². The summed E-state index contributed by atoms with van der Waals surface area (Å²) in [6.45, 7) is 7.95. The Morgan fingerprint density at radius 1 is 1.45 bits per heavy atom. The first kappa shape index (κ1) is 16.8. The molecule has 1 fully saturated rings. The minimum atomic E-state index is 0.0931. The maximum Gasteiger partial charge on any atom is 0.234 e. The van der Waals surface area contributed by atoms with Crippen LogP contribution in [0, 0.1) is 5.92 Å². The van der Waals surface area contributed by atoms with Crippen LogP contribution in [0.4, 0.5) is 0 Å². The Kier molecular flexibility index (Phi) is 6.21. The fraction of sp³-hybridized carbons (Fsp3) is 0.588. The molecule has 1 aromatic carbocycles. The van der Waals surface area contributed by atoms with Crippen molar-refractivity contribution in [2.24, 2.45) is 5.92 Å². The minimum absolute atomic E-state index is 0.0931. The molecule has 1 atom stereocenters. The first-order valence-corrected chi connectivity index (χ1v) is 7.96. The number of carbonyl (C=O) groups is 1. The van der Waals surface area contributed by atoms with E-state index in [0.717, 1.165) is 37.5 Å². The lowest BCUT2D eigenvalue weighted by Crippen LogP contribution is -2.49. The second kappa shape index (κ2) is 8.15. The fourth-order valence-corrected chi connectivity index (χ4v) is 2.74. The maximum atomic E-state index is 12.1. The molecule has 122 valence electrons. The number of ether oxygens (including phenoxy) is 1. The molecule has 1 heterocycles. The quantitative estimate of drug-likeness (QED) is 0.834. The number of piperazine rings is 1. The highest BCUT2D eigenvalue weighted by molar-refractivity contribution is 5.78. The number of amides is 1. The van der Waals surface area contributed by atoms with Crippen LogP contribution in [0.3, 0.4) is 0 Å². The predicted octanol–water partition coefficient (Wildman–Crippen LogP) is 1.41. The van der Waals surface area contributed by atoms with Crippen molar-refractivity contribution in [3.05, 3.63) is 29.8 Å². The maximum absolute atomic E-state index is 12.1. The molecule has 0 radical (unpaired) electrons. The van der Waals surface area contributed by atoms with Crippen molar-refractivity contribution in [3.63, 3.8) is 0 Å². The molecule has 0 bridgehead atoms. The van der Waals surface area contributed by atoms with Crippen molar-refractivity contribution >= 4 is 5.91 Å². The van der Waals surface area contributed by atoms with Crippen molar-refractivity contribution < 1.29 is 9.53 Å². The highest BCUT2D eigenvalue weighted by atomic mass is 16.5. The normalized spacial score (nSPS) is 19.2. The van der Waals surface area contributed by atoms with Gasteiger partial charge in [-0.05, 0) is 12.0 Å². The van der Waals surface area contributed by atoms with Crippen LogP contribution in [-0.4, -0.2) is 50.6 Å². The molecule has 22 heavy (non-hydrogen) atoms. The Hall–Kier alpha value is -1.59. The van der Waals surface area contributed by atoms with E-state index in [1.807, 2.05) is 18.2 Å². The number of hydrogen-bond donors (Lipinski definition) is 2. The third-order valence-corrected chi connectivity index (χ3v) is 3.91. The molecule has 0 aromatic heterocycles. The molecule has 2 N–H and O–H groups in total. The summed E-state index contributed by atoms with van der Waals surface area (Å²) in [6.07, 6.45) is 0. The third-order valence-electron chi connectivity index (χ3n) is 3.91. The smallest absolute Gasteiger partial charge is 0.234 e. The highest BCUT2D eigenvalue weighted by Gasteiger charge is 2.27. The van der Waals surface area contributed by atoms with E-state index < -0.39 is 0 Å². The summed E-state index contributed by atoms with van der Waals surface area (Å²) >= 11 is 0. The van der Waals surface area contributed by atoms with Gasteiger partial charge in [0.15, 0.2) is 0 Å². The van der Waals surface area contributed by atoms with Gasteiger partial charge in [-0.3, -0.25) is 9.69 Å². The Balaban J connectivity index is 2.06. The monoisotopic (exact) mass is 305 g/mol. The van der Waals surface area contributed by atoms with Crippen LogP contribution in [0.1, 0.15) is 25.5 Å². The Morgan fingerprint density at radius 3 is 2.95 bits per heavy atom. The number of methoxy groups -OCH3 is 1. The van der Waals surface area contributed by atoms with Crippen LogP contribution in [0.15, 0.2) is 24.3 Å². The average molecular weight is 305 g/mol. The minimum Gasteiger partial charge on any atom is -0.496 e. The number of carbonyl (C=O) groups excluding carboxylic acids is 1. The second-order valence-corrected chi connectivity index (χ2v) is 6.13. The van der Waals surface area contributed by atoms with E-state index in [-0.39, 0.29) is 11.9 Å². The van der Waals surface area contributed by atoms with Crippen LogP contribution < -0.4 is 15.4 Å². The first-order chi connectivity index (χ1) is 10.6. The predicted molar refractivity (Wildman–Crippen MR) is 88.0 cm³/mol. The van der Waals surface area contributed by atoms with Crippen LogP contribution >= 0.6 is 0 Å². The molecule has 1 aliphatic rings. The number of nitrogens with one attached hydrogen (secondary N) is 2. The first-order valence-electron chi connectivity index (χ1n) is 7.96. The van der Waals surface area contributed by atoms with E-state index in [2.05, 4.69) is 35.4 Å². The fourth-order valence-electron chi connectivity index (χ4n) is 2.74. The summed E-state index contributed by atoms with van der Waals surface area (Å²) < 4.78 is 5.48. The van der Waals surface area contributed by atoms with E-state index in [1.165, 1.54) is 0 Å². The van der Waals surface area contributed by atoms with Gasteiger partial charge in [0.25, 0.3) is 0 Å². The second-order valence-electron chi connectivity index (χ2n) is 6.13. The molecule has 1 aromatic rings. The van der Waals surface area contributed by atoms with E-state index in [4.69, 9.17) is 4.74 Å². The summed E-state index contributed by atoms with van der Waals surface area (Å²) in [4.78, 5) is 14.4. The summed E-state index contributed by atoms with van der Waals surface area (Å²) in [5.41, 5.74) is 1.13. The largest absolute Gasteiger partial charge is 0.496 e. The van der Waals surface area contributed by atoms with Crippen molar-refractivity contribution in [1.82, 2.24) is 15.5 Å². The lowest BCUT2D eigenvalue weighted by Gasteiger charge is -2.36. The van der Waals surface area contributed by atoms with Gasteiger partial charge in [-0.1, -0.05) is 32.0 Å². The van der Waals surface area contributed by atoms with Crippen LogP contribution in [0.25, 0.3) is 0 Å². The molecule has 0 spiro atoms. The molecular formula is C17H27N3O2. The summed E-state index contributed by atoms with van der Waals surface area (Å²) in [6, 6.07) is 8.20. The number of rotatable bonds is 6. The van der Waals surface area contributed by atoms with Gasteiger partial charge in [-0.25, -0.2) is 0 Å². The van der Waals surface area contributed by atoms with Crippen LogP contribution in [0.2, 0.25) is 0 Å². The zero-order chi connectivity index (χ0) is 15.9. The molecule has 0 aliphatic carbocycles. The van der Waals surface area contributed by atoms with Gasteiger partial charge in [-0.2, -0.15) is 0 Å². The summed E-state index contributed by atoms with van der Waals surface area (Å²) in [5, 5.41) is 6.41. The SMILES string of the molecule is COc1ccccc1C1CNCCN1CC(=O)NCC(C)C. The highest BCUT2D eigenvalue weighted by Crippen LogP contribution is 2.29. The van der Waals surface area contributed by atoms with Gasteiger partial charge >= 0.3 is 0 Å². The third kappa shape index (κ3) is 4.45. The molecule has 0 saturated carbocycles. The Morgan fingerprint density at radius 2 is 2.23 bits per heavy atom. The molecule has 5 nitrogen and oxygen atoms in total. The van der Waals surface area contributed by atoms with Crippen LogP contribution in [0.5, 0.6) is 5.75 Å². The summed E-state index contributed by atoms with van der Waals surface area (Å²) in [7, 11) is 1.69. The van der Waals surface area contributed by atoms with Crippen molar-refractivity contribution in [2.45, 2.75) is 19.9 Å². The number of nitrogens with zero attached hydrogens (tertiary/aromatic N) is 1. The molecule has 1 unspecified atom stereocenters. The van der Waals surface area contributed by atoms with Gasteiger partial charge in [0, 0.05) is 31.7 Å². The van der Waals surface area contributed by atoms with Gasteiger partial charge in [-0.15, -0.1) is 0 Å². The lowest BCUT2D eigenvalue weighted by atomic mass is 10.0. The Bertz CT molecular complexity index is 491. The topological polar surface area (TPSA) is 53.6 Å². The summed E-state index contributed by atoms with van der Waals surface area (Å²) in [5.74, 6) is 1.44. The zero-order valence-corrected chi connectivity index (χ0v) is 13.8. The van der Waals surface area contributed by atoms with E-state index in [1.54, 1.807) is 7.11 Å². The van der Waals surface area contributed by atoms with Gasteiger partial charge in [0.05, 0.1) is 19.7 Å². The molecule has 2 rings (SSSR count). The van der Waals surface area contributed by atoms with Gasteiger partial charge in [0.1, 0.15) is 5.75 Å². The van der Waals surface area contributed by atoms with Gasteiger partial charge in [0.2, 0.25) is 5.91 Å². The average Bonchev–Trinajstić information content (AvgIpc) is 2.53. The molecule has 1 aliphatic heterocycles. The van der Waals surface area contributed by atoms with Crippen molar-refractivity contribution in [1.29, 1.82) is 0 Å².